The van der Waals surface area contributed by atoms with Crippen LogP contribution in [-0.4, -0.2) is 78.0 Å². The van der Waals surface area contributed by atoms with Crippen molar-refractivity contribution < 1.29 is 23.1 Å². The number of hydrogen-bond donors (Lipinski definition) is 2. The van der Waals surface area contributed by atoms with Gasteiger partial charge in [-0.1, -0.05) is 6.07 Å². The fraction of sp³-hybridized carbons (Fsp3) is 0.296. The van der Waals surface area contributed by atoms with E-state index in [1.54, 1.807) is 12.3 Å². The Bertz CT molecular complexity index is 1610. The minimum absolute atomic E-state index is 0.0213. The van der Waals surface area contributed by atoms with E-state index in [2.05, 4.69) is 20.2 Å². The molecule has 1 saturated heterocycles. The summed E-state index contributed by atoms with van der Waals surface area (Å²) in [6.45, 7) is 2.18. The second-order valence-corrected chi connectivity index (χ2v) is 11.3. The van der Waals surface area contributed by atoms with Gasteiger partial charge in [0.25, 0.3) is 5.91 Å². The normalized spacial score (nSPS) is 15.8. The molecule has 1 atom stereocenters. The molecule has 1 amide bonds. The zero-order valence-corrected chi connectivity index (χ0v) is 22.1. The highest BCUT2D eigenvalue weighted by Gasteiger charge is 2.21. The smallest absolute Gasteiger partial charge is 0.253 e. The number of carbonyl (C=O) groups excluding carboxylic acids is 1. The van der Waals surface area contributed by atoms with Gasteiger partial charge >= 0.3 is 0 Å². The van der Waals surface area contributed by atoms with E-state index in [1.165, 1.54) is 18.5 Å². The van der Waals surface area contributed by atoms with E-state index in [0.29, 0.717) is 36.5 Å². The highest BCUT2D eigenvalue weighted by Crippen LogP contribution is 2.24. The molecule has 0 radical (unpaired) electrons. The van der Waals surface area contributed by atoms with Crippen LogP contribution in [0.3, 0.4) is 0 Å². The highest BCUT2D eigenvalue weighted by molar-refractivity contribution is 7.90. The van der Waals surface area contributed by atoms with Crippen LogP contribution < -0.4 is 10.2 Å². The van der Waals surface area contributed by atoms with Crippen LogP contribution in [-0.2, 0) is 21.1 Å². The lowest BCUT2D eigenvalue weighted by molar-refractivity contribution is 0.0244. The van der Waals surface area contributed by atoms with Gasteiger partial charge < -0.3 is 20.1 Å². The van der Waals surface area contributed by atoms with Gasteiger partial charge in [-0.3, -0.25) is 14.8 Å². The molecule has 0 aliphatic carbocycles. The fourth-order valence-corrected chi connectivity index (χ4v) is 4.90. The number of anilines is 1. The number of fused-ring (bicyclic) bond motifs is 1. The van der Waals surface area contributed by atoms with Gasteiger partial charge in [0.05, 0.1) is 52.3 Å². The van der Waals surface area contributed by atoms with Crippen molar-refractivity contribution in [2.45, 2.75) is 24.0 Å². The van der Waals surface area contributed by atoms with Crippen molar-refractivity contribution in [1.82, 2.24) is 25.3 Å². The first-order valence-corrected chi connectivity index (χ1v) is 14.3. The van der Waals surface area contributed by atoms with Gasteiger partial charge in [-0.15, -0.1) is 0 Å². The Hall–Kier alpha value is -4.00. The summed E-state index contributed by atoms with van der Waals surface area (Å²) in [5, 5.41) is 12.8. The van der Waals surface area contributed by atoms with E-state index in [9.17, 15) is 18.3 Å². The number of rotatable bonds is 8. The number of ether oxygens (including phenoxy) is 1. The summed E-state index contributed by atoms with van der Waals surface area (Å²) in [4.78, 5) is 32.6. The van der Waals surface area contributed by atoms with Crippen LogP contribution in [0.5, 0.6) is 0 Å². The summed E-state index contributed by atoms with van der Waals surface area (Å²) in [6.07, 6.45) is 5.84. The SMILES string of the molecule is CS(=O)(=O)c1cncc(C(=O)NCc2cc3nc(-c4cccc(N5CCOC(CCO)C5)n4)ccc3cn2)c1. The quantitative estimate of drug-likeness (QED) is 0.335. The molecule has 1 fully saturated rings. The van der Waals surface area contributed by atoms with Crippen molar-refractivity contribution in [3.05, 3.63) is 72.3 Å². The van der Waals surface area contributed by atoms with Gasteiger partial charge in [0.1, 0.15) is 5.82 Å². The summed E-state index contributed by atoms with van der Waals surface area (Å²) >= 11 is 0. The second-order valence-electron chi connectivity index (χ2n) is 9.26. The Morgan fingerprint density at radius 3 is 2.79 bits per heavy atom. The first-order valence-electron chi connectivity index (χ1n) is 12.4. The van der Waals surface area contributed by atoms with Crippen LogP contribution in [0.1, 0.15) is 22.5 Å². The Kier molecular flexibility index (Phi) is 7.77. The summed E-state index contributed by atoms with van der Waals surface area (Å²) in [6, 6.07) is 12.7. The van der Waals surface area contributed by atoms with Crippen LogP contribution in [0.25, 0.3) is 22.3 Å². The third-order valence-corrected chi connectivity index (χ3v) is 7.45. The van der Waals surface area contributed by atoms with Crippen molar-refractivity contribution in [3.8, 4) is 11.4 Å². The molecule has 4 aromatic rings. The Morgan fingerprint density at radius 2 is 1.97 bits per heavy atom. The van der Waals surface area contributed by atoms with Crippen molar-refractivity contribution in [3.63, 3.8) is 0 Å². The molecular formula is C27H28N6O5S. The number of carbonyl (C=O) groups is 1. The number of hydrogen-bond acceptors (Lipinski definition) is 10. The molecule has 1 aliphatic rings. The predicted octanol–water partition coefficient (Wildman–Crippen LogP) is 2.01. The minimum Gasteiger partial charge on any atom is -0.396 e. The molecule has 202 valence electrons. The highest BCUT2D eigenvalue weighted by atomic mass is 32.2. The summed E-state index contributed by atoms with van der Waals surface area (Å²) in [7, 11) is -3.48. The number of nitrogens with one attached hydrogen (secondary N) is 1. The van der Waals surface area contributed by atoms with Crippen LogP contribution in [0.15, 0.2) is 66.0 Å². The molecular weight excluding hydrogens is 520 g/mol. The summed E-state index contributed by atoms with van der Waals surface area (Å²) in [5.74, 6) is 0.371. The number of nitrogens with zero attached hydrogens (tertiary/aromatic N) is 5. The van der Waals surface area contributed by atoms with Crippen LogP contribution in [0.2, 0.25) is 0 Å². The molecule has 4 aromatic heterocycles. The average Bonchev–Trinajstić information content (AvgIpc) is 2.95. The number of pyridine rings is 4. The monoisotopic (exact) mass is 548 g/mol. The van der Waals surface area contributed by atoms with Gasteiger partial charge in [-0.05, 0) is 42.8 Å². The standard InChI is InChI=1S/C27H28N6O5S/c1-39(36,37)22-11-19(13-28-16-22)27(35)30-15-20-12-25-18(14-29-20)5-6-24(31-25)23-3-2-4-26(32-23)33-8-10-38-21(17-33)7-9-34/h2-6,11-14,16,21,34H,7-10,15,17H2,1H3,(H,30,35). The zero-order chi connectivity index (χ0) is 27.4. The van der Waals surface area contributed by atoms with E-state index in [4.69, 9.17) is 14.7 Å². The topological polar surface area (TPSA) is 148 Å². The van der Waals surface area contributed by atoms with Crippen LogP contribution in [0.4, 0.5) is 5.82 Å². The molecule has 0 spiro atoms. The molecule has 1 unspecified atom stereocenters. The van der Waals surface area contributed by atoms with E-state index >= 15 is 0 Å². The number of aliphatic hydroxyl groups excluding tert-OH is 1. The molecule has 0 saturated carbocycles. The average molecular weight is 549 g/mol. The van der Waals surface area contributed by atoms with Gasteiger partial charge in [-0.25, -0.2) is 18.4 Å². The molecule has 0 aromatic carbocycles. The van der Waals surface area contributed by atoms with Crippen molar-refractivity contribution in [1.29, 1.82) is 0 Å². The fourth-order valence-electron chi connectivity index (χ4n) is 4.30. The number of amides is 1. The van der Waals surface area contributed by atoms with E-state index in [0.717, 1.165) is 29.7 Å². The van der Waals surface area contributed by atoms with Crippen molar-refractivity contribution in [2.24, 2.45) is 0 Å². The largest absolute Gasteiger partial charge is 0.396 e. The van der Waals surface area contributed by atoms with Gasteiger partial charge in [-0.2, -0.15) is 0 Å². The predicted molar refractivity (Wildman–Crippen MR) is 145 cm³/mol. The Labute approximate surface area is 225 Å². The molecule has 39 heavy (non-hydrogen) atoms. The van der Waals surface area contributed by atoms with Gasteiger partial charge in [0.2, 0.25) is 0 Å². The summed E-state index contributed by atoms with van der Waals surface area (Å²) < 4.78 is 29.3. The van der Waals surface area contributed by atoms with Crippen molar-refractivity contribution >= 4 is 32.5 Å². The molecule has 5 rings (SSSR count). The van der Waals surface area contributed by atoms with E-state index < -0.39 is 15.7 Å². The molecule has 12 heteroatoms. The molecule has 11 nitrogen and oxygen atoms in total. The molecule has 2 N–H and O–H groups in total. The van der Waals surface area contributed by atoms with E-state index in [1.807, 2.05) is 30.3 Å². The number of morpholine rings is 1. The zero-order valence-electron chi connectivity index (χ0n) is 21.3. The third kappa shape index (κ3) is 6.36. The van der Waals surface area contributed by atoms with Crippen LogP contribution in [0, 0.1) is 0 Å². The first kappa shape index (κ1) is 26.6. The first-order chi connectivity index (χ1) is 18.8. The Morgan fingerprint density at radius 1 is 1.13 bits per heavy atom. The lowest BCUT2D eigenvalue weighted by Gasteiger charge is -2.33. The van der Waals surface area contributed by atoms with Crippen LogP contribution >= 0.6 is 0 Å². The van der Waals surface area contributed by atoms with Gasteiger partial charge in [0.15, 0.2) is 9.84 Å². The van der Waals surface area contributed by atoms with E-state index in [-0.39, 0.29) is 29.7 Å². The maximum absolute atomic E-state index is 12.6. The molecule has 5 heterocycles. The van der Waals surface area contributed by atoms with Crippen molar-refractivity contribution in [2.75, 3.05) is 37.5 Å². The second kappa shape index (κ2) is 11.4. The van der Waals surface area contributed by atoms with Gasteiger partial charge in [0, 0.05) is 49.9 Å². The number of sulfone groups is 1. The maximum Gasteiger partial charge on any atom is 0.253 e. The molecule has 1 aliphatic heterocycles. The Balaban J connectivity index is 1.32. The summed E-state index contributed by atoms with van der Waals surface area (Å²) in [5.41, 5.74) is 2.87. The molecule has 0 bridgehead atoms. The third-order valence-electron chi connectivity index (χ3n) is 6.37. The number of aliphatic hydroxyl groups is 1. The lowest BCUT2D eigenvalue weighted by atomic mass is 10.1. The number of aromatic nitrogens is 4. The maximum atomic E-state index is 12.6. The lowest BCUT2D eigenvalue weighted by Crippen LogP contribution is -2.43. The minimum atomic E-state index is -3.48.